The Morgan fingerprint density at radius 2 is 2.25 bits per heavy atom. The number of aliphatic imine (C=N–C) groups is 1. The van der Waals surface area contributed by atoms with Crippen LogP contribution < -0.4 is 0 Å². The van der Waals surface area contributed by atoms with Gasteiger partial charge in [0.2, 0.25) is 0 Å². The lowest BCUT2D eigenvalue weighted by atomic mass is 10.6. The summed E-state index contributed by atoms with van der Waals surface area (Å²) in [5.41, 5.74) is 0. The topological polar surface area (TPSA) is 26.5 Å². The standard InChI is InChI=1S/C6H11N2/c1-4-5-8-6(2)7-3/h4-5H,1-3H3/q-1/b5-4-. The van der Waals surface area contributed by atoms with Crippen molar-refractivity contribution in [3.63, 3.8) is 0 Å². The van der Waals surface area contributed by atoms with Gasteiger partial charge in [0.25, 0.3) is 0 Å². The molecule has 0 aromatic rings. The first-order valence-electron chi connectivity index (χ1n) is 2.56. The average Bonchev–Trinajstić information content (AvgIpc) is 1.83. The minimum absolute atomic E-state index is 0.808. The third-order valence-electron chi connectivity index (χ3n) is 0.734. The summed E-state index contributed by atoms with van der Waals surface area (Å²) in [6, 6.07) is 0. The third kappa shape index (κ3) is 3.40. The summed E-state index contributed by atoms with van der Waals surface area (Å²) >= 11 is 0. The Labute approximate surface area is 50.3 Å². The van der Waals surface area contributed by atoms with E-state index in [-0.39, 0.29) is 0 Å². The number of amidine groups is 1. The summed E-state index contributed by atoms with van der Waals surface area (Å²) in [7, 11) is 1.72. The molecule has 0 saturated carbocycles. The van der Waals surface area contributed by atoms with Crippen LogP contribution in [0, 0.1) is 0 Å². The smallest absolute Gasteiger partial charge is 0.0470 e. The summed E-state index contributed by atoms with van der Waals surface area (Å²) in [6.45, 7) is 3.78. The van der Waals surface area contributed by atoms with Crippen LogP contribution >= 0.6 is 0 Å². The number of hydrogen-bond acceptors (Lipinski definition) is 1. The van der Waals surface area contributed by atoms with E-state index in [4.69, 9.17) is 0 Å². The second-order valence-electron chi connectivity index (χ2n) is 1.38. The van der Waals surface area contributed by atoms with E-state index in [2.05, 4.69) is 10.3 Å². The summed E-state index contributed by atoms with van der Waals surface area (Å²) in [4.78, 5) is 3.93. The van der Waals surface area contributed by atoms with Crippen LogP contribution in [0.15, 0.2) is 17.3 Å². The molecule has 46 valence electrons. The lowest BCUT2D eigenvalue weighted by molar-refractivity contribution is 1.48. The van der Waals surface area contributed by atoms with Crippen molar-refractivity contribution in [2.75, 3.05) is 7.05 Å². The quantitative estimate of drug-likeness (QED) is 0.365. The zero-order valence-electron chi connectivity index (χ0n) is 5.55. The van der Waals surface area contributed by atoms with Crippen LogP contribution in [0.4, 0.5) is 0 Å². The predicted octanol–water partition coefficient (Wildman–Crippen LogP) is 1.94. The monoisotopic (exact) mass is 111 g/mol. The van der Waals surface area contributed by atoms with Gasteiger partial charge in [-0.05, 0) is 13.8 Å². The first-order valence-corrected chi connectivity index (χ1v) is 2.56. The minimum Gasteiger partial charge on any atom is -0.473 e. The van der Waals surface area contributed by atoms with Crippen molar-refractivity contribution in [1.82, 2.24) is 0 Å². The van der Waals surface area contributed by atoms with Crippen LogP contribution in [-0.2, 0) is 0 Å². The maximum atomic E-state index is 3.93. The van der Waals surface area contributed by atoms with E-state index in [0.717, 1.165) is 5.84 Å². The van der Waals surface area contributed by atoms with E-state index in [1.54, 1.807) is 13.2 Å². The van der Waals surface area contributed by atoms with Gasteiger partial charge in [0.1, 0.15) is 0 Å². The van der Waals surface area contributed by atoms with Gasteiger partial charge in [-0.2, -0.15) is 0 Å². The summed E-state index contributed by atoms with van der Waals surface area (Å²) in [6.07, 6.45) is 3.59. The molecule has 0 radical (unpaired) electrons. The zero-order valence-corrected chi connectivity index (χ0v) is 5.55. The summed E-state index contributed by atoms with van der Waals surface area (Å²) < 4.78 is 0. The van der Waals surface area contributed by atoms with Crippen molar-refractivity contribution in [1.29, 1.82) is 0 Å². The molecule has 0 aliphatic carbocycles. The molecule has 0 heterocycles. The Bertz CT molecular complexity index is 103. The molecule has 0 aliphatic heterocycles. The molecule has 0 aliphatic rings. The van der Waals surface area contributed by atoms with Crippen molar-refractivity contribution in [2.45, 2.75) is 13.8 Å². The van der Waals surface area contributed by atoms with Crippen LogP contribution in [0.25, 0.3) is 5.32 Å². The molecule has 0 amide bonds. The first-order chi connectivity index (χ1) is 3.81. The third-order valence-corrected chi connectivity index (χ3v) is 0.734. The van der Waals surface area contributed by atoms with E-state index in [0.29, 0.717) is 0 Å². The molecule has 2 nitrogen and oxygen atoms in total. The van der Waals surface area contributed by atoms with E-state index >= 15 is 0 Å². The average molecular weight is 111 g/mol. The molecule has 0 spiro atoms. The SMILES string of the molecule is C/C=C\N=C(C)[N-]C. The van der Waals surface area contributed by atoms with Gasteiger partial charge in [-0.25, -0.2) is 0 Å². The van der Waals surface area contributed by atoms with E-state index in [1.165, 1.54) is 0 Å². The van der Waals surface area contributed by atoms with Gasteiger partial charge in [0, 0.05) is 0 Å². The zero-order chi connectivity index (χ0) is 6.41. The molecular formula is C6H11N2-. The maximum absolute atomic E-state index is 3.93. The van der Waals surface area contributed by atoms with Gasteiger partial charge in [-0.15, -0.1) is 0 Å². The van der Waals surface area contributed by atoms with Gasteiger partial charge < -0.3 is 10.3 Å². The molecule has 0 aromatic heterocycles. The molecule has 8 heavy (non-hydrogen) atoms. The second kappa shape index (κ2) is 4.37. The Morgan fingerprint density at radius 3 is 2.62 bits per heavy atom. The Morgan fingerprint density at radius 1 is 1.62 bits per heavy atom. The fourth-order valence-electron chi connectivity index (χ4n) is 0.240. The van der Waals surface area contributed by atoms with Crippen LogP contribution in [0.5, 0.6) is 0 Å². The van der Waals surface area contributed by atoms with Crippen molar-refractivity contribution < 1.29 is 0 Å². The Kier molecular flexibility index (Phi) is 3.94. The summed E-state index contributed by atoms with van der Waals surface area (Å²) in [5.74, 6) is 0.808. The number of nitrogens with zero attached hydrogens (tertiary/aromatic N) is 2. The maximum Gasteiger partial charge on any atom is -0.0470 e. The minimum atomic E-state index is 0.808. The van der Waals surface area contributed by atoms with Crippen molar-refractivity contribution in [3.8, 4) is 0 Å². The molecule has 0 unspecified atom stereocenters. The van der Waals surface area contributed by atoms with E-state index in [1.807, 2.05) is 19.9 Å². The van der Waals surface area contributed by atoms with Crippen LogP contribution in [0.3, 0.4) is 0 Å². The Hall–Kier alpha value is -0.790. The first kappa shape index (κ1) is 7.21. The Balaban J connectivity index is 3.57. The van der Waals surface area contributed by atoms with Gasteiger partial charge in [-0.3, -0.25) is 0 Å². The summed E-state index contributed by atoms with van der Waals surface area (Å²) in [5, 5.41) is 3.82. The molecule has 2 heteroatoms. The van der Waals surface area contributed by atoms with E-state index < -0.39 is 0 Å². The molecular weight excluding hydrogens is 100 g/mol. The number of hydrogen-bond donors (Lipinski definition) is 0. The fourth-order valence-corrected chi connectivity index (χ4v) is 0.240. The van der Waals surface area contributed by atoms with Crippen molar-refractivity contribution in [3.05, 3.63) is 17.6 Å². The normalized spacial score (nSPS) is 12.6. The molecule has 0 fully saturated rings. The van der Waals surface area contributed by atoms with E-state index in [9.17, 15) is 0 Å². The van der Waals surface area contributed by atoms with Crippen LogP contribution in [0.2, 0.25) is 0 Å². The molecule has 0 saturated heterocycles. The van der Waals surface area contributed by atoms with Gasteiger partial charge in [0.15, 0.2) is 0 Å². The van der Waals surface area contributed by atoms with Gasteiger partial charge in [-0.1, -0.05) is 25.2 Å². The fraction of sp³-hybridized carbons (Fsp3) is 0.500. The highest BCUT2D eigenvalue weighted by Gasteiger charge is 1.61. The number of rotatable bonds is 1. The highest BCUT2D eigenvalue weighted by Crippen LogP contribution is 1.85. The number of allylic oxidation sites excluding steroid dienone is 1. The molecule has 0 N–H and O–H groups in total. The second-order valence-corrected chi connectivity index (χ2v) is 1.38. The molecule has 0 aromatic carbocycles. The largest absolute Gasteiger partial charge is 0.473 e. The molecule has 0 atom stereocenters. The van der Waals surface area contributed by atoms with Crippen molar-refractivity contribution >= 4 is 5.84 Å². The van der Waals surface area contributed by atoms with Crippen LogP contribution in [-0.4, -0.2) is 12.9 Å². The predicted molar refractivity (Wildman–Crippen MR) is 37.2 cm³/mol. The lowest BCUT2D eigenvalue weighted by Gasteiger charge is -2.04. The highest BCUT2D eigenvalue weighted by molar-refractivity contribution is 5.91. The van der Waals surface area contributed by atoms with Crippen LogP contribution in [0.1, 0.15) is 13.8 Å². The van der Waals surface area contributed by atoms with Gasteiger partial charge in [0.05, 0.1) is 0 Å². The lowest BCUT2D eigenvalue weighted by Crippen LogP contribution is -1.82. The molecule has 0 bridgehead atoms. The van der Waals surface area contributed by atoms with Crippen molar-refractivity contribution in [2.24, 2.45) is 4.99 Å². The highest BCUT2D eigenvalue weighted by atomic mass is 14.9. The van der Waals surface area contributed by atoms with Gasteiger partial charge >= 0.3 is 0 Å². The molecule has 0 rings (SSSR count).